The maximum atomic E-state index is 5.65. The minimum absolute atomic E-state index is 0.389. The van der Waals surface area contributed by atoms with Crippen LogP contribution < -0.4 is 5.32 Å². The summed E-state index contributed by atoms with van der Waals surface area (Å²) in [4.78, 5) is 0. The molecule has 1 fully saturated rings. The smallest absolute Gasteiger partial charge is 0.0718 e. The molecule has 0 radical (unpaired) electrons. The molecule has 1 aliphatic rings. The molecule has 1 aromatic carbocycles. The Labute approximate surface area is 96.8 Å². The summed E-state index contributed by atoms with van der Waals surface area (Å²) in [5.74, 6) is 0. The predicted octanol–water partition coefficient (Wildman–Crippen LogP) is 1.58. The maximum Gasteiger partial charge on any atom is 0.0718 e. The Morgan fingerprint density at radius 1 is 1.19 bits per heavy atom. The molecule has 3 heteroatoms. The van der Waals surface area contributed by atoms with E-state index in [4.69, 9.17) is 9.47 Å². The summed E-state index contributed by atoms with van der Waals surface area (Å²) in [6, 6.07) is 10.2. The fourth-order valence-electron chi connectivity index (χ4n) is 1.81. The molecule has 0 spiro atoms. The van der Waals surface area contributed by atoms with Gasteiger partial charge in [0.25, 0.3) is 0 Å². The van der Waals surface area contributed by atoms with E-state index in [0.717, 1.165) is 19.5 Å². The van der Waals surface area contributed by atoms with Crippen molar-refractivity contribution in [3.8, 4) is 0 Å². The molecule has 0 saturated carbocycles. The normalized spacial score (nSPS) is 20.1. The van der Waals surface area contributed by atoms with Crippen LogP contribution in [0, 0.1) is 0 Å². The van der Waals surface area contributed by atoms with Gasteiger partial charge >= 0.3 is 0 Å². The van der Waals surface area contributed by atoms with E-state index >= 15 is 0 Å². The molecule has 2 rings (SSSR count). The van der Waals surface area contributed by atoms with Crippen LogP contribution in [0.3, 0.4) is 0 Å². The summed E-state index contributed by atoms with van der Waals surface area (Å²) in [6.07, 6.45) is 1.51. The zero-order valence-corrected chi connectivity index (χ0v) is 9.52. The molecule has 0 aromatic heterocycles. The second-order valence-corrected chi connectivity index (χ2v) is 4.02. The van der Waals surface area contributed by atoms with Crippen LogP contribution in [-0.2, 0) is 16.1 Å². The van der Waals surface area contributed by atoms with Crippen LogP contribution in [0.4, 0.5) is 0 Å². The predicted molar refractivity (Wildman–Crippen MR) is 63.3 cm³/mol. The molecule has 1 atom stereocenters. The second kappa shape index (κ2) is 6.63. The number of ether oxygens (including phenoxy) is 2. The summed E-state index contributed by atoms with van der Waals surface area (Å²) in [6.45, 7) is 4.10. The largest absolute Gasteiger partial charge is 0.374 e. The van der Waals surface area contributed by atoms with Crippen LogP contribution in [-0.4, -0.2) is 32.4 Å². The van der Waals surface area contributed by atoms with E-state index in [2.05, 4.69) is 17.4 Å². The number of hydrogen-bond acceptors (Lipinski definition) is 3. The molecule has 1 aliphatic heterocycles. The average Bonchev–Trinajstić information content (AvgIpc) is 2.83. The van der Waals surface area contributed by atoms with Gasteiger partial charge in [-0.25, -0.2) is 0 Å². The number of hydrogen-bond donors (Lipinski definition) is 1. The molecule has 16 heavy (non-hydrogen) atoms. The Hall–Kier alpha value is -0.900. The van der Waals surface area contributed by atoms with Crippen molar-refractivity contribution < 1.29 is 9.47 Å². The van der Waals surface area contributed by atoms with Crippen molar-refractivity contribution >= 4 is 0 Å². The van der Waals surface area contributed by atoms with E-state index in [1.54, 1.807) is 0 Å². The SMILES string of the molecule is c1ccc(COCCOC2CCNC2)cc1. The van der Waals surface area contributed by atoms with Crippen LogP contribution in [0.25, 0.3) is 0 Å². The quantitative estimate of drug-likeness (QED) is 0.740. The Bertz CT molecular complexity index is 283. The van der Waals surface area contributed by atoms with Crippen molar-refractivity contribution in [1.82, 2.24) is 5.32 Å². The molecule has 0 amide bonds. The molecule has 1 saturated heterocycles. The lowest BCUT2D eigenvalue weighted by molar-refractivity contribution is 0.00820. The van der Waals surface area contributed by atoms with Crippen LogP contribution in [0.1, 0.15) is 12.0 Å². The molecule has 0 aliphatic carbocycles. The van der Waals surface area contributed by atoms with Gasteiger partial charge in [-0.15, -0.1) is 0 Å². The first-order valence-corrected chi connectivity index (χ1v) is 5.89. The summed E-state index contributed by atoms with van der Waals surface area (Å²) in [7, 11) is 0. The zero-order chi connectivity index (χ0) is 11.1. The Morgan fingerprint density at radius 2 is 2.06 bits per heavy atom. The lowest BCUT2D eigenvalue weighted by Gasteiger charge is -2.10. The van der Waals surface area contributed by atoms with Crippen molar-refractivity contribution in [1.29, 1.82) is 0 Å². The highest BCUT2D eigenvalue weighted by molar-refractivity contribution is 5.13. The van der Waals surface area contributed by atoms with Gasteiger partial charge in [-0.3, -0.25) is 0 Å². The standard InChI is InChI=1S/C13H19NO2/c1-2-4-12(5-3-1)11-15-8-9-16-13-6-7-14-10-13/h1-5,13-14H,6-11H2. The number of rotatable bonds is 6. The third-order valence-corrected chi connectivity index (χ3v) is 2.71. The Kier molecular flexibility index (Phi) is 4.80. The first-order chi connectivity index (χ1) is 7.95. The average molecular weight is 221 g/mol. The summed E-state index contributed by atoms with van der Waals surface area (Å²) >= 11 is 0. The van der Waals surface area contributed by atoms with E-state index in [1.807, 2.05) is 18.2 Å². The van der Waals surface area contributed by atoms with E-state index in [0.29, 0.717) is 25.9 Å². The van der Waals surface area contributed by atoms with E-state index in [-0.39, 0.29) is 0 Å². The van der Waals surface area contributed by atoms with Gasteiger partial charge in [0.2, 0.25) is 0 Å². The van der Waals surface area contributed by atoms with Gasteiger partial charge in [0, 0.05) is 6.54 Å². The highest BCUT2D eigenvalue weighted by Gasteiger charge is 2.13. The second-order valence-electron chi connectivity index (χ2n) is 4.02. The van der Waals surface area contributed by atoms with Gasteiger partial charge in [0.1, 0.15) is 0 Å². The van der Waals surface area contributed by atoms with Crippen LogP contribution in [0.2, 0.25) is 0 Å². The summed E-state index contributed by atoms with van der Waals surface area (Å²) in [5, 5.41) is 3.27. The molecule has 1 aromatic rings. The van der Waals surface area contributed by atoms with Crippen LogP contribution >= 0.6 is 0 Å². The summed E-state index contributed by atoms with van der Waals surface area (Å²) < 4.78 is 11.2. The molecule has 1 N–H and O–H groups in total. The third kappa shape index (κ3) is 3.93. The van der Waals surface area contributed by atoms with Crippen molar-refractivity contribution in [2.75, 3.05) is 26.3 Å². The third-order valence-electron chi connectivity index (χ3n) is 2.71. The van der Waals surface area contributed by atoms with Crippen molar-refractivity contribution in [2.45, 2.75) is 19.1 Å². The highest BCUT2D eigenvalue weighted by atomic mass is 16.5. The zero-order valence-electron chi connectivity index (χ0n) is 9.52. The molecule has 0 bridgehead atoms. The van der Waals surface area contributed by atoms with Crippen LogP contribution in [0.15, 0.2) is 30.3 Å². The molecular weight excluding hydrogens is 202 g/mol. The van der Waals surface area contributed by atoms with Gasteiger partial charge < -0.3 is 14.8 Å². The lowest BCUT2D eigenvalue weighted by atomic mass is 10.2. The maximum absolute atomic E-state index is 5.65. The molecular formula is C13H19NO2. The fraction of sp³-hybridized carbons (Fsp3) is 0.538. The minimum atomic E-state index is 0.389. The highest BCUT2D eigenvalue weighted by Crippen LogP contribution is 2.03. The molecule has 1 heterocycles. The van der Waals surface area contributed by atoms with E-state index < -0.39 is 0 Å². The van der Waals surface area contributed by atoms with E-state index in [1.165, 1.54) is 5.56 Å². The lowest BCUT2D eigenvalue weighted by Crippen LogP contribution is -2.19. The van der Waals surface area contributed by atoms with Crippen molar-refractivity contribution in [3.05, 3.63) is 35.9 Å². The molecule has 88 valence electrons. The first kappa shape index (κ1) is 11.6. The number of nitrogens with one attached hydrogen (secondary N) is 1. The van der Waals surface area contributed by atoms with Gasteiger partial charge in [-0.1, -0.05) is 30.3 Å². The van der Waals surface area contributed by atoms with Gasteiger partial charge in [0.15, 0.2) is 0 Å². The minimum Gasteiger partial charge on any atom is -0.374 e. The fourth-order valence-corrected chi connectivity index (χ4v) is 1.81. The van der Waals surface area contributed by atoms with Crippen LogP contribution in [0.5, 0.6) is 0 Å². The molecule has 1 unspecified atom stereocenters. The van der Waals surface area contributed by atoms with Crippen molar-refractivity contribution in [2.24, 2.45) is 0 Å². The van der Waals surface area contributed by atoms with Crippen molar-refractivity contribution in [3.63, 3.8) is 0 Å². The van der Waals surface area contributed by atoms with Gasteiger partial charge in [0.05, 0.1) is 25.9 Å². The first-order valence-electron chi connectivity index (χ1n) is 5.89. The monoisotopic (exact) mass is 221 g/mol. The van der Waals surface area contributed by atoms with Gasteiger partial charge in [-0.2, -0.15) is 0 Å². The van der Waals surface area contributed by atoms with E-state index in [9.17, 15) is 0 Å². The Balaban J connectivity index is 1.52. The van der Waals surface area contributed by atoms with Gasteiger partial charge in [-0.05, 0) is 18.5 Å². The molecule has 3 nitrogen and oxygen atoms in total. The summed E-state index contributed by atoms with van der Waals surface area (Å²) in [5.41, 5.74) is 1.21. The topological polar surface area (TPSA) is 30.5 Å². The Morgan fingerprint density at radius 3 is 2.81 bits per heavy atom. The number of benzene rings is 1.